The van der Waals surface area contributed by atoms with E-state index in [4.69, 9.17) is 16.0 Å². The number of halogens is 1. The first-order chi connectivity index (χ1) is 6.18. The molecule has 0 N–H and O–H groups in total. The Labute approximate surface area is 81.5 Å². The van der Waals surface area contributed by atoms with Gasteiger partial charge in [-0.2, -0.15) is 0 Å². The predicted molar refractivity (Wildman–Crippen MR) is 53.1 cm³/mol. The molecule has 1 heterocycles. The first-order valence-electron chi connectivity index (χ1n) is 4.21. The zero-order valence-electron chi connectivity index (χ0n) is 7.54. The number of oxazole rings is 1. The summed E-state index contributed by atoms with van der Waals surface area (Å²) in [6, 6.07) is 3.93. The number of nitrogens with zero attached hydrogens (tertiary/aromatic N) is 1. The Kier molecular flexibility index (Phi) is 2.00. The van der Waals surface area contributed by atoms with Crippen molar-refractivity contribution in [2.45, 2.75) is 19.8 Å². The van der Waals surface area contributed by atoms with Gasteiger partial charge in [0.15, 0.2) is 12.0 Å². The van der Waals surface area contributed by atoms with Crippen LogP contribution in [0.4, 0.5) is 0 Å². The van der Waals surface area contributed by atoms with Crippen molar-refractivity contribution < 1.29 is 4.42 Å². The molecule has 0 amide bonds. The molecule has 3 heteroatoms. The highest BCUT2D eigenvalue weighted by atomic mass is 35.5. The van der Waals surface area contributed by atoms with Crippen LogP contribution >= 0.6 is 11.6 Å². The predicted octanol–water partition coefficient (Wildman–Crippen LogP) is 3.60. The van der Waals surface area contributed by atoms with Gasteiger partial charge in [-0.3, -0.25) is 0 Å². The molecule has 2 nitrogen and oxygen atoms in total. The van der Waals surface area contributed by atoms with Gasteiger partial charge >= 0.3 is 0 Å². The lowest BCUT2D eigenvalue weighted by Crippen LogP contribution is -1.86. The number of benzene rings is 1. The third-order valence-electron chi connectivity index (χ3n) is 2.08. The van der Waals surface area contributed by atoms with Crippen molar-refractivity contribution in [2.24, 2.45) is 0 Å². The third kappa shape index (κ3) is 1.42. The van der Waals surface area contributed by atoms with Crippen LogP contribution in [-0.2, 0) is 0 Å². The lowest BCUT2D eigenvalue weighted by Gasteiger charge is -2.04. The van der Waals surface area contributed by atoms with Gasteiger partial charge in [0, 0.05) is 0 Å². The number of fused-ring (bicyclic) bond motifs is 1. The molecule has 0 atom stereocenters. The third-order valence-corrected chi connectivity index (χ3v) is 2.37. The summed E-state index contributed by atoms with van der Waals surface area (Å²) in [4.78, 5) is 4.02. The van der Waals surface area contributed by atoms with Crippen molar-refractivity contribution >= 4 is 22.7 Å². The fourth-order valence-electron chi connectivity index (χ4n) is 1.28. The normalized spacial score (nSPS) is 11.4. The maximum absolute atomic E-state index is 6.03. The topological polar surface area (TPSA) is 26.0 Å². The van der Waals surface area contributed by atoms with E-state index in [1.807, 2.05) is 12.1 Å². The molecule has 0 aliphatic carbocycles. The minimum Gasteiger partial charge on any atom is -0.443 e. The van der Waals surface area contributed by atoms with Gasteiger partial charge in [0.05, 0.1) is 5.02 Å². The molecular weight excluding hydrogens is 186 g/mol. The highest BCUT2D eigenvalue weighted by Gasteiger charge is 2.08. The summed E-state index contributed by atoms with van der Waals surface area (Å²) in [6.07, 6.45) is 1.42. The monoisotopic (exact) mass is 195 g/mol. The zero-order valence-corrected chi connectivity index (χ0v) is 8.30. The summed E-state index contributed by atoms with van der Waals surface area (Å²) in [5.41, 5.74) is 2.68. The van der Waals surface area contributed by atoms with Crippen LogP contribution in [-0.4, -0.2) is 4.98 Å². The van der Waals surface area contributed by atoms with Gasteiger partial charge < -0.3 is 4.42 Å². The molecule has 0 aliphatic heterocycles. The van der Waals surface area contributed by atoms with Crippen molar-refractivity contribution in [1.82, 2.24) is 4.98 Å². The Morgan fingerprint density at radius 2 is 2.15 bits per heavy atom. The van der Waals surface area contributed by atoms with Crippen LogP contribution in [0.2, 0.25) is 5.02 Å². The summed E-state index contributed by atoms with van der Waals surface area (Å²) in [5.74, 6) is 0.451. The van der Waals surface area contributed by atoms with E-state index < -0.39 is 0 Å². The standard InChI is InChI=1S/C10H10ClNO/c1-6(2)7-3-8(11)10-9(4-7)13-5-12-10/h3-6H,1-2H3. The molecule has 0 unspecified atom stereocenters. The van der Waals surface area contributed by atoms with E-state index in [-0.39, 0.29) is 0 Å². The molecule has 0 fully saturated rings. The van der Waals surface area contributed by atoms with Crippen LogP contribution in [0.5, 0.6) is 0 Å². The van der Waals surface area contributed by atoms with Gasteiger partial charge in [0.2, 0.25) is 0 Å². The number of aromatic nitrogens is 1. The maximum atomic E-state index is 6.03. The zero-order chi connectivity index (χ0) is 9.42. The largest absolute Gasteiger partial charge is 0.443 e. The van der Waals surface area contributed by atoms with Crippen LogP contribution in [0.15, 0.2) is 22.9 Å². The molecule has 0 radical (unpaired) electrons. The molecule has 2 rings (SSSR count). The molecule has 0 aliphatic rings. The van der Waals surface area contributed by atoms with E-state index in [2.05, 4.69) is 18.8 Å². The maximum Gasteiger partial charge on any atom is 0.182 e. The molecule has 2 aromatic rings. The van der Waals surface area contributed by atoms with E-state index in [0.717, 1.165) is 11.1 Å². The van der Waals surface area contributed by atoms with Gasteiger partial charge in [-0.15, -0.1) is 0 Å². The van der Waals surface area contributed by atoms with Crippen LogP contribution < -0.4 is 0 Å². The Balaban J connectivity index is 2.70. The molecular formula is C10H10ClNO. The van der Waals surface area contributed by atoms with Crippen LogP contribution in [0.25, 0.3) is 11.1 Å². The fourth-order valence-corrected chi connectivity index (χ4v) is 1.55. The number of rotatable bonds is 1. The molecule has 1 aromatic heterocycles. The van der Waals surface area contributed by atoms with E-state index in [1.165, 1.54) is 12.0 Å². The van der Waals surface area contributed by atoms with E-state index >= 15 is 0 Å². The molecule has 1 aromatic carbocycles. The second kappa shape index (κ2) is 3.04. The lowest BCUT2D eigenvalue weighted by molar-refractivity contribution is 0.601. The Bertz CT molecular complexity index is 433. The summed E-state index contributed by atoms with van der Waals surface area (Å²) in [5, 5.41) is 0.662. The SMILES string of the molecule is CC(C)c1cc(Cl)c2ncoc2c1. The van der Waals surface area contributed by atoms with Crippen molar-refractivity contribution in [3.63, 3.8) is 0 Å². The van der Waals surface area contributed by atoms with Gasteiger partial charge in [-0.05, 0) is 23.6 Å². The molecule has 0 saturated heterocycles. The quantitative estimate of drug-likeness (QED) is 0.695. The van der Waals surface area contributed by atoms with E-state index in [9.17, 15) is 0 Å². The fraction of sp³-hybridized carbons (Fsp3) is 0.300. The van der Waals surface area contributed by atoms with Crippen molar-refractivity contribution in [3.05, 3.63) is 29.1 Å². The number of hydrogen-bond acceptors (Lipinski definition) is 2. The molecule has 0 saturated carbocycles. The van der Waals surface area contributed by atoms with Gasteiger partial charge in [-0.25, -0.2) is 4.98 Å². The first kappa shape index (κ1) is 8.57. The summed E-state index contributed by atoms with van der Waals surface area (Å²) in [7, 11) is 0. The van der Waals surface area contributed by atoms with Crippen molar-refractivity contribution in [2.75, 3.05) is 0 Å². The van der Waals surface area contributed by atoms with Gasteiger partial charge in [0.1, 0.15) is 5.52 Å². The number of hydrogen-bond donors (Lipinski definition) is 0. The highest BCUT2D eigenvalue weighted by molar-refractivity contribution is 6.34. The summed E-state index contributed by atoms with van der Waals surface area (Å²) < 4.78 is 5.19. The molecule has 0 bridgehead atoms. The second-order valence-electron chi connectivity index (χ2n) is 3.36. The second-order valence-corrected chi connectivity index (χ2v) is 3.76. The van der Waals surface area contributed by atoms with Crippen molar-refractivity contribution in [1.29, 1.82) is 0 Å². The van der Waals surface area contributed by atoms with E-state index in [0.29, 0.717) is 10.9 Å². The molecule has 0 spiro atoms. The summed E-state index contributed by atoms with van der Waals surface area (Å²) in [6.45, 7) is 4.24. The first-order valence-corrected chi connectivity index (χ1v) is 4.59. The Morgan fingerprint density at radius 1 is 1.38 bits per heavy atom. The van der Waals surface area contributed by atoms with E-state index in [1.54, 1.807) is 0 Å². The molecule has 13 heavy (non-hydrogen) atoms. The minimum atomic E-state index is 0.451. The average Bonchev–Trinajstić information content (AvgIpc) is 2.51. The van der Waals surface area contributed by atoms with Crippen LogP contribution in [0, 0.1) is 0 Å². The Morgan fingerprint density at radius 3 is 2.85 bits per heavy atom. The van der Waals surface area contributed by atoms with Crippen LogP contribution in [0.1, 0.15) is 25.3 Å². The van der Waals surface area contributed by atoms with Gasteiger partial charge in [0.25, 0.3) is 0 Å². The van der Waals surface area contributed by atoms with Gasteiger partial charge in [-0.1, -0.05) is 25.4 Å². The Hall–Kier alpha value is -1.02. The van der Waals surface area contributed by atoms with Crippen molar-refractivity contribution in [3.8, 4) is 0 Å². The lowest BCUT2D eigenvalue weighted by atomic mass is 10.0. The van der Waals surface area contributed by atoms with Crippen LogP contribution in [0.3, 0.4) is 0 Å². The smallest absolute Gasteiger partial charge is 0.182 e. The highest BCUT2D eigenvalue weighted by Crippen LogP contribution is 2.27. The average molecular weight is 196 g/mol. The minimum absolute atomic E-state index is 0.451. The molecule has 68 valence electrons. The summed E-state index contributed by atoms with van der Waals surface area (Å²) >= 11 is 6.03.